The van der Waals surface area contributed by atoms with Gasteiger partial charge in [0.2, 0.25) is 5.91 Å². The second-order valence-electron chi connectivity index (χ2n) is 14.6. The largest absolute Gasteiger partial charge is 0.393 e. The van der Waals surface area contributed by atoms with Crippen LogP contribution in [0.25, 0.3) is 0 Å². The maximum absolute atomic E-state index is 13.9. The molecule has 0 aromatic heterocycles. The summed E-state index contributed by atoms with van der Waals surface area (Å²) < 4.78 is 14.5. The van der Waals surface area contributed by atoms with Crippen LogP contribution in [0.3, 0.4) is 0 Å². The van der Waals surface area contributed by atoms with Crippen LogP contribution in [-0.2, 0) is 11.2 Å². The summed E-state index contributed by atoms with van der Waals surface area (Å²) in [7, 11) is 0. The molecule has 12 atom stereocenters. The molecule has 4 N–H and O–H groups in total. The monoisotopic (exact) mass is 619 g/mol. The average molecular weight is 621 g/mol. The minimum atomic E-state index is -0.411. The van der Waals surface area contributed by atoms with Crippen molar-refractivity contribution in [1.82, 2.24) is 5.32 Å². The quantitative estimate of drug-likeness (QED) is 0.322. The normalized spacial score (nSPS) is 44.8. The number of rotatable bonds is 5. The molecule has 5 aliphatic carbocycles. The van der Waals surface area contributed by atoms with Crippen molar-refractivity contribution in [3.05, 3.63) is 33.5 Å². The zero-order valence-corrected chi connectivity index (χ0v) is 25.8. The number of hydrogen-bond acceptors (Lipinski definition) is 4. The van der Waals surface area contributed by atoms with Crippen LogP contribution in [0.15, 0.2) is 16.6 Å². The van der Waals surface area contributed by atoms with Crippen molar-refractivity contribution >= 4 is 21.8 Å². The number of aliphatic hydroxyl groups excluding tert-OH is 3. The minimum Gasteiger partial charge on any atom is -0.393 e. The molecular weight excluding hydrogens is 573 g/mol. The highest BCUT2D eigenvalue weighted by Gasteiger charge is 2.65. The Labute approximate surface area is 246 Å². The summed E-state index contributed by atoms with van der Waals surface area (Å²) in [6.45, 7) is 6.88. The van der Waals surface area contributed by atoms with Crippen LogP contribution < -0.4 is 5.32 Å². The molecule has 0 bridgehead atoms. The van der Waals surface area contributed by atoms with E-state index in [0.29, 0.717) is 34.6 Å². The van der Waals surface area contributed by atoms with Crippen molar-refractivity contribution in [2.45, 2.75) is 116 Å². The Morgan fingerprint density at radius 2 is 1.88 bits per heavy atom. The fourth-order valence-corrected chi connectivity index (χ4v) is 11.3. The molecule has 1 unspecified atom stereocenters. The highest BCUT2D eigenvalue weighted by molar-refractivity contribution is 9.10. The molecule has 5 nitrogen and oxygen atoms in total. The number of halogens is 2. The number of carbonyl (C=O) groups is 1. The average Bonchev–Trinajstić information content (AvgIpc) is 3.48. The molecule has 5 aliphatic rings. The molecule has 40 heavy (non-hydrogen) atoms. The van der Waals surface area contributed by atoms with Crippen molar-refractivity contribution in [3.8, 4) is 0 Å². The standard InChI is InChI=1S/C33H47BrFNO4/c1-17(4-11-29(40)36-26-10-6-21-20(26)5-9-25(35)31(21)34)22-7-8-23-30-24(16-28(39)33(22,23)3)32(2)13-12-19(37)14-18(32)15-27(30)38/h5,9,17-19,22-24,26-28,30,37-39H,4,6-8,10-16H2,1-3H3,(H,36,40)/t17-,18+,19-,22-,23+,24+,26?,27-,28+,30+,32+,33-/m1/s1. The van der Waals surface area contributed by atoms with Crippen molar-refractivity contribution in [1.29, 1.82) is 0 Å². The van der Waals surface area contributed by atoms with E-state index in [1.807, 2.05) is 0 Å². The van der Waals surface area contributed by atoms with Crippen molar-refractivity contribution in [2.75, 3.05) is 0 Å². The smallest absolute Gasteiger partial charge is 0.220 e. The Balaban J connectivity index is 1.11. The second-order valence-corrected chi connectivity index (χ2v) is 15.4. The predicted molar refractivity (Wildman–Crippen MR) is 156 cm³/mol. The topological polar surface area (TPSA) is 89.8 Å². The van der Waals surface area contributed by atoms with E-state index in [0.717, 1.165) is 75.3 Å². The molecule has 0 saturated heterocycles. The lowest BCUT2D eigenvalue weighted by Crippen LogP contribution is -2.62. The zero-order valence-electron chi connectivity index (χ0n) is 24.2. The van der Waals surface area contributed by atoms with Gasteiger partial charge in [0.05, 0.1) is 28.8 Å². The molecule has 0 spiro atoms. The number of benzene rings is 1. The maximum Gasteiger partial charge on any atom is 0.220 e. The van der Waals surface area contributed by atoms with Crippen molar-refractivity contribution in [2.24, 2.45) is 46.3 Å². The van der Waals surface area contributed by atoms with Gasteiger partial charge in [0, 0.05) is 6.42 Å². The molecule has 4 saturated carbocycles. The van der Waals surface area contributed by atoms with E-state index < -0.39 is 6.10 Å². The van der Waals surface area contributed by atoms with E-state index in [4.69, 9.17) is 0 Å². The Kier molecular flexibility index (Phi) is 7.71. The maximum atomic E-state index is 13.9. The lowest BCUT2D eigenvalue weighted by atomic mass is 9.43. The fourth-order valence-electron chi connectivity index (χ4n) is 10.7. The third kappa shape index (κ3) is 4.51. The van der Waals surface area contributed by atoms with E-state index in [1.165, 1.54) is 6.07 Å². The number of carbonyl (C=O) groups excluding carboxylic acids is 1. The molecule has 7 heteroatoms. The van der Waals surface area contributed by atoms with Gasteiger partial charge in [-0.2, -0.15) is 0 Å². The molecule has 6 rings (SSSR count). The van der Waals surface area contributed by atoms with Crippen LogP contribution in [0, 0.1) is 52.2 Å². The third-order valence-electron chi connectivity index (χ3n) is 13.0. The summed E-state index contributed by atoms with van der Waals surface area (Å²) in [5, 5.41) is 36.8. The Morgan fingerprint density at radius 3 is 2.65 bits per heavy atom. The Hall–Kier alpha value is -1.02. The van der Waals surface area contributed by atoms with Crippen LogP contribution in [-0.4, -0.2) is 39.5 Å². The van der Waals surface area contributed by atoms with E-state index in [1.54, 1.807) is 6.07 Å². The van der Waals surface area contributed by atoms with Gasteiger partial charge in [-0.05, 0) is 144 Å². The van der Waals surface area contributed by atoms with E-state index in [-0.39, 0.29) is 52.6 Å². The van der Waals surface area contributed by atoms with Crippen LogP contribution >= 0.6 is 15.9 Å². The van der Waals surface area contributed by atoms with Gasteiger partial charge >= 0.3 is 0 Å². The van der Waals surface area contributed by atoms with Gasteiger partial charge < -0.3 is 20.6 Å². The van der Waals surface area contributed by atoms with E-state index in [2.05, 4.69) is 42.0 Å². The number of aliphatic hydroxyl groups is 3. The summed E-state index contributed by atoms with van der Waals surface area (Å²) in [5.41, 5.74) is 1.79. The van der Waals surface area contributed by atoms with Gasteiger partial charge in [-0.1, -0.05) is 26.8 Å². The number of hydrogen-bond donors (Lipinski definition) is 4. The summed E-state index contributed by atoms with van der Waals surface area (Å²) in [4.78, 5) is 13.0. The van der Waals surface area contributed by atoms with Gasteiger partial charge in [-0.15, -0.1) is 0 Å². The molecule has 1 aromatic carbocycles. The second kappa shape index (κ2) is 10.6. The first-order chi connectivity index (χ1) is 18.9. The van der Waals surface area contributed by atoms with E-state index in [9.17, 15) is 24.5 Å². The lowest BCUT2D eigenvalue weighted by Gasteiger charge is -2.63. The molecule has 0 radical (unpaired) electrons. The highest BCUT2D eigenvalue weighted by atomic mass is 79.9. The summed E-state index contributed by atoms with van der Waals surface area (Å²) in [5.74, 6) is 1.50. The zero-order chi connectivity index (χ0) is 28.6. The number of amides is 1. The summed E-state index contributed by atoms with van der Waals surface area (Å²) in [6.07, 6.45) is 7.86. The fraction of sp³-hybridized carbons (Fsp3) is 0.788. The van der Waals surface area contributed by atoms with Crippen LogP contribution in [0.4, 0.5) is 4.39 Å². The Bertz CT molecular complexity index is 1150. The molecule has 0 heterocycles. The molecule has 4 fully saturated rings. The SMILES string of the molecule is C[C@H](CCC(=O)NC1CCc2c1ccc(F)c2Br)[C@H]1CC[C@H]2[C@@H]3[C@H](O)C[C@@H]4C[C@H](O)CC[C@]4(C)[C@H]3C[C@H](O)[C@]12C. The van der Waals surface area contributed by atoms with Gasteiger partial charge in [0.1, 0.15) is 5.82 Å². The first-order valence-corrected chi connectivity index (χ1v) is 16.5. The first kappa shape index (κ1) is 29.1. The molecule has 222 valence electrons. The van der Waals surface area contributed by atoms with E-state index >= 15 is 0 Å². The van der Waals surface area contributed by atoms with Crippen LogP contribution in [0.2, 0.25) is 0 Å². The third-order valence-corrected chi connectivity index (χ3v) is 13.8. The first-order valence-electron chi connectivity index (χ1n) is 15.8. The van der Waals surface area contributed by atoms with Crippen molar-refractivity contribution < 1.29 is 24.5 Å². The van der Waals surface area contributed by atoms with Gasteiger partial charge in [-0.3, -0.25) is 4.79 Å². The van der Waals surface area contributed by atoms with Crippen molar-refractivity contribution in [3.63, 3.8) is 0 Å². The number of fused-ring (bicyclic) bond motifs is 6. The van der Waals surface area contributed by atoms with Gasteiger partial charge in [0.25, 0.3) is 0 Å². The predicted octanol–water partition coefficient (Wildman–Crippen LogP) is 6.07. The summed E-state index contributed by atoms with van der Waals surface area (Å²) >= 11 is 3.36. The molecule has 1 amide bonds. The highest BCUT2D eigenvalue weighted by Crippen LogP contribution is 2.68. The lowest BCUT2D eigenvalue weighted by molar-refractivity contribution is -0.207. The molecular formula is C33H47BrFNO4. The molecule has 0 aliphatic heterocycles. The minimum absolute atomic E-state index is 0.0373. The van der Waals surface area contributed by atoms with Gasteiger partial charge in [0.15, 0.2) is 0 Å². The van der Waals surface area contributed by atoms with Crippen LogP contribution in [0.1, 0.15) is 102 Å². The van der Waals surface area contributed by atoms with Crippen LogP contribution in [0.5, 0.6) is 0 Å². The number of nitrogens with one attached hydrogen (secondary N) is 1. The van der Waals surface area contributed by atoms with Gasteiger partial charge in [-0.25, -0.2) is 4.39 Å². The molecule has 1 aromatic rings. The Morgan fingerprint density at radius 1 is 1.10 bits per heavy atom. The summed E-state index contributed by atoms with van der Waals surface area (Å²) in [6, 6.07) is 3.19.